The minimum absolute atomic E-state index is 0.182. The van der Waals surface area contributed by atoms with Crippen molar-refractivity contribution in [3.8, 4) is 0 Å². The monoisotopic (exact) mass is 604 g/mol. The maximum absolute atomic E-state index is 11.6. The van der Waals surface area contributed by atoms with Crippen LogP contribution in [-0.4, -0.2) is 59.9 Å². The summed E-state index contributed by atoms with van der Waals surface area (Å²) in [6.45, 7) is 12.5. The first kappa shape index (κ1) is 30.2. The Morgan fingerprint density at radius 2 is 1.84 bits per heavy atom. The van der Waals surface area contributed by atoms with Gasteiger partial charge in [-0.15, -0.1) is 0 Å². The van der Waals surface area contributed by atoms with Crippen molar-refractivity contribution in [1.82, 2.24) is 10.2 Å². The number of rotatable bonds is 6. The van der Waals surface area contributed by atoms with E-state index >= 15 is 0 Å². The molecule has 0 amide bonds. The van der Waals surface area contributed by atoms with Gasteiger partial charge in [-0.3, -0.25) is 9.69 Å². The van der Waals surface area contributed by atoms with E-state index in [2.05, 4.69) is 43.1 Å². The topological polar surface area (TPSA) is 61.8 Å². The highest BCUT2D eigenvalue weighted by molar-refractivity contribution is 5.70. The van der Waals surface area contributed by atoms with Crippen LogP contribution in [0.3, 0.4) is 0 Å². The zero-order valence-corrected chi connectivity index (χ0v) is 28.0. The Morgan fingerprint density at radius 3 is 2.57 bits per heavy atom. The van der Waals surface area contributed by atoms with Crippen LogP contribution in [0.4, 0.5) is 0 Å². The van der Waals surface area contributed by atoms with Gasteiger partial charge in [0, 0.05) is 31.2 Å². The zero-order valence-electron chi connectivity index (χ0n) is 28.0. The van der Waals surface area contributed by atoms with Crippen molar-refractivity contribution in [2.75, 3.05) is 26.2 Å². The van der Waals surface area contributed by atoms with Crippen molar-refractivity contribution in [3.63, 3.8) is 0 Å². The number of nitrogens with one attached hydrogen (secondary N) is 1. The first-order valence-electron chi connectivity index (χ1n) is 18.9. The van der Waals surface area contributed by atoms with Gasteiger partial charge in [-0.2, -0.15) is 0 Å². The molecule has 9 unspecified atom stereocenters. The Labute approximate surface area is 267 Å². The van der Waals surface area contributed by atoms with Crippen molar-refractivity contribution in [2.24, 2.45) is 52.3 Å². The van der Waals surface area contributed by atoms with Gasteiger partial charge in [0.05, 0.1) is 18.6 Å². The standard InChI is InChI=1S/C39H60N2O3/c1-25-30(26-6-8-27(9-7-26)36(42)43)14-18-37(2)32(25)15-19-38(3)33-16-20-39(17-4-5-34(39)31(33)12-13-35(37)38)40-21-22-41-23-29-11-10-28(41)24-44-29/h6,14,25,27-29,31-35,40H,4-5,7-13,15-24H2,1-3H3,(H,42,43)/t25?,27?,28?,29?,31?,32?,33?,34-,35?,37+,38+,39?/m1/s1. The molecule has 3 aliphatic heterocycles. The molecule has 12 atom stereocenters. The SMILES string of the molecule is CC1C(C2=CCC(C(=O)O)CC2)=CC[C@@]2(C)C1CC[C@@]1(C)C3CCC4(NCCN5CC6CCC5CO6)CCC[C@@H]4C3CCC21. The molecular formula is C39H60N2O3. The molecule has 44 heavy (non-hydrogen) atoms. The van der Waals surface area contributed by atoms with Gasteiger partial charge < -0.3 is 15.2 Å². The van der Waals surface area contributed by atoms with E-state index in [1.807, 2.05) is 0 Å². The summed E-state index contributed by atoms with van der Waals surface area (Å²) < 4.78 is 5.99. The number of carboxylic acids is 1. The minimum atomic E-state index is -0.617. The number of piperidine rings is 1. The number of hydrogen-bond acceptors (Lipinski definition) is 4. The summed E-state index contributed by atoms with van der Waals surface area (Å²) in [5, 5.41) is 13.8. The van der Waals surface area contributed by atoms with Gasteiger partial charge in [-0.1, -0.05) is 39.3 Å². The van der Waals surface area contributed by atoms with Crippen LogP contribution >= 0.6 is 0 Å². The van der Waals surface area contributed by atoms with Gasteiger partial charge in [0.2, 0.25) is 0 Å². The quantitative estimate of drug-likeness (QED) is 0.327. The molecule has 3 heterocycles. The van der Waals surface area contributed by atoms with E-state index < -0.39 is 5.97 Å². The summed E-state index contributed by atoms with van der Waals surface area (Å²) in [5.74, 6) is 4.11. The molecule has 244 valence electrons. The molecule has 9 rings (SSSR count). The van der Waals surface area contributed by atoms with Crippen LogP contribution < -0.4 is 5.32 Å². The average molecular weight is 605 g/mol. The van der Waals surface area contributed by atoms with E-state index in [0.29, 0.717) is 40.9 Å². The van der Waals surface area contributed by atoms with E-state index in [4.69, 9.17) is 4.74 Å². The molecule has 0 aromatic rings. The van der Waals surface area contributed by atoms with Crippen LogP contribution in [-0.2, 0) is 9.53 Å². The molecule has 0 radical (unpaired) electrons. The summed E-state index contributed by atoms with van der Waals surface area (Å²) in [5.41, 5.74) is 4.35. The molecule has 5 nitrogen and oxygen atoms in total. The van der Waals surface area contributed by atoms with Crippen molar-refractivity contribution in [2.45, 2.75) is 135 Å². The van der Waals surface area contributed by atoms with E-state index in [0.717, 1.165) is 62.1 Å². The van der Waals surface area contributed by atoms with Gasteiger partial charge in [0.15, 0.2) is 0 Å². The number of morpholine rings is 1. The molecule has 7 fully saturated rings. The van der Waals surface area contributed by atoms with Crippen molar-refractivity contribution < 1.29 is 14.6 Å². The Hall–Kier alpha value is -1.17. The average Bonchev–Trinajstić information content (AvgIpc) is 3.46. The Morgan fingerprint density at radius 1 is 0.977 bits per heavy atom. The van der Waals surface area contributed by atoms with E-state index in [1.54, 1.807) is 5.57 Å². The normalized spacial score (nSPS) is 50.1. The molecule has 5 heteroatoms. The number of ether oxygens (including phenoxy) is 1. The molecule has 0 spiro atoms. The van der Waals surface area contributed by atoms with Gasteiger partial charge >= 0.3 is 5.97 Å². The number of carbonyl (C=O) groups is 1. The molecule has 4 saturated carbocycles. The predicted molar refractivity (Wildman–Crippen MR) is 175 cm³/mol. The van der Waals surface area contributed by atoms with Crippen molar-refractivity contribution in [1.29, 1.82) is 0 Å². The second kappa shape index (κ2) is 11.2. The minimum Gasteiger partial charge on any atom is -0.481 e. The van der Waals surface area contributed by atoms with E-state index in [9.17, 15) is 9.90 Å². The third kappa shape index (κ3) is 4.67. The van der Waals surface area contributed by atoms with Crippen LogP contribution in [0.25, 0.3) is 0 Å². The molecule has 0 aromatic heterocycles. The fraction of sp³-hybridized carbons (Fsp3) is 0.872. The highest BCUT2D eigenvalue weighted by Crippen LogP contribution is 2.70. The fourth-order valence-corrected chi connectivity index (χ4v) is 13.9. The van der Waals surface area contributed by atoms with Crippen LogP contribution in [0.2, 0.25) is 0 Å². The highest BCUT2D eigenvalue weighted by atomic mass is 16.5. The third-order valence-electron chi connectivity index (χ3n) is 16.0. The molecule has 6 aliphatic carbocycles. The Bertz CT molecular complexity index is 1190. The number of nitrogens with zero attached hydrogens (tertiary/aromatic N) is 1. The summed E-state index contributed by atoms with van der Waals surface area (Å²) in [6, 6.07) is 0.665. The predicted octanol–water partition coefficient (Wildman–Crippen LogP) is 7.61. The van der Waals surface area contributed by atoms with Crippen LogP contribution in [0.1, 0.15) is 117 Å². The number of hydrogen-bond donors (Lipinski definition) is 2. The Kier molecular flexibility index (Phi) is 7.70. The van der Waals surface area contributed by atoms with Crippen LogP contribution in [0, 0.1) is 52.3 Å². The van der Waals surface area contributed by atoms with Crippen molar-refractivity contribution >= 4 is 5.97 Å². The van der Waals surface area contributed by atoms with Gasteiger partial charge in [-0.25, -0.2) is 0 Å². The lowest BCUT2D eigenvalue weighted by atomic mass is 9.38. The smallest absolute Gasteiger partial charge is 0.306 e. The maximum atomic E-state index is 11.6. The maximum Gasteiger partial charge on any atom is 0.306 e. The molecule has 9 aliphatic rings. The van der Waals surface area contributed by atoms with Crippen LogP contribution in [0.5, 0.6) is 0 Å². The lowest BCUT2D eigenvalue weighted by Crippen LogP contribution is -2.63. The fourth-order valence-electron chi connectivity index (χ4n) is 13.9. The summed E-state index contributed by atoms with van der Waals surface area (Å²) in [7, 11) is 0. The molecule has 3 saturated heterocycles. The number of allylic oxidation sites excluding steroid dienone is 4. The molecule has 2 N–H and O–H groups in total. The molecule has 0 aromatic carbocycles. The first-order chi connectivity index (χ1) is 21.2. The lowest BCUT2D eigenvalue weighted by molar-refractivity contribution is -0.166. The van der Waals surface area contributed by atoms with Gasteiger partial charge in [-0.05, 0) is 147 Å². The molecular weight excluding hydrogens is 544 g/mol. The Balaban J connectivity index is 0.962. The lowest BCUT2D eigenvalue weighted by Gasteiger charge is -2.67. The second-order valence-electron chi connectivity index (χ2n) is 17.6. The van der Waals surface area contributed by atoms with E-state index in [1.165, 1.54) is 89.2 Å². The third-order valence-corrected chi connectivity index (χ3v) is 16.0. The highest BCUT2D eigenvalue weighted by Gasteiger charge is 2.64. The second-order valence-corrected chi connectivity index (χ2v) is 17.6. The van der Waals surface area contributed by atoms with Gasteiger partial charge in [0.1, 0.15) is 0 Å². The number of fused-ring (bicyclic) bond motifs is 10. The summed E-state index contributed by atoms with van der Waals surface area (Å²) in [4.78, 5) is 14.3. The molecule has 2 bridgehead atoms. The number of aliphatic carboxylic acids is 1. The first-order valence-corrected chi connectivity index (χ1v) is 18.9. The van der Waals surface area contributed by atoms with E-state index in [-0.39, 0.29) is 5.92 Å². The van der Waals surface area contributed by atoms with Gasteiger partial charge in [0.25, 0.3) is 0 Å². The summed E-state index contributed by atoms with van der Waals surface area (Å²) >= 11 is 0. The van der Waals surface area contributed by atoms with Crippen molar-refractivity contribution in [3.05, 3.63) is 23.3 Å². The number of carboxylic acid groups (broad SMARTS) is 1. The summed E-state index contributed by atoms with van der Waals surface area (Å²) in [6.07, 6.45) is 24.6. The zero-order chi connectivity index (χ0) is 30.3. The van der Waals surface area contributed by atoms with Crippen LogP contribution in [0.15, 0.2) is 23.3 Å². The largest absolute Gasteiger partial charge is 0.481 e.